The molecule has 1 fully saturated rings. The fraction of sp³-hybridized carbons (Fsp3) is 0.412. The van der Waals surface area contributed by atoms with E-state index < -0.39 is 0 Å². The number of likely N-dealkylation sites (N-methyl/N-ethyl adjacent to an activating group) is 1. The Balaban J connectivity index is 1.72. The first-order valence-corrected chi connectivity index (χ1v) is 8.12. The number of ether oxygens (including phenoxy) is 2. The Morgan fingerprint density at radius 2 is 1.95 bits per heavy atom. The van der Waals surface area contributed by atoms with E-state index in [0.29, 0.717) is 6.04 Å². The van der Waals surface area contributed by atoms with Crippen molar-refractivity contribution in [2.24, 2.45) is 0 Å². The van der Waals surface area contributed by atoms with Crippen LogP contribution in [0.1, 0.15) is 13.3 Å². The molecule has 1 saturated carbocycles. The van der Waals surface area contributed by atoms with Crippen LogP contribution in [0.15, 0.2) is 40.9 Å². The van der Waals surface area contributed by atoms with E-state index in [-0.39, 0.29) is 12.2 Å². The van der Waals surface area contributed by atoms with E-state index in [1.54, 1.807) is 7.11 Å². The van der Waals surface area contributed by atoms with Crippen LogP contribution in [0.4, 0.5) is 0 Å². The molecule has 3 atom stereocenters. The Labute approximate surface area is 133 Å². The van der Waals surface area contributed by atoms with Crippen LogP contribution in [-0.2, 0) is 4.74 Å². The van der Waals surface area contributed by atoms with Crippen LogP contribution in [0.3, 0.4) is 0 Å². The lowest BCUT2D eigenvalue weighted by atomic mass is 9.85. The highest BCUT2D eigenvalue weighted by atomic mass is 79.9. The van der Waals surface area contributed by atoms with Gasteiger partial charge in [0.15, 0.2) is 0 Å². The minimum Gasteiger partial charge on any atom is -0.488 e. The minimum atomic E-state index is 0.130. The lowest BCUT2D eigenvalue weighted by molar-refractivity contribution is -0.0883. The van der Waals surface area contributed by atoms with Crippen molar-refractivity contribution in [3.63, 3.8) is 0 Å². The number of hydrogen-bond donors (Lipinski definition) is 1. The van der Waals surface area contributed by atoms with Crippen LogP contribution >= 0.6 is 15.9 Å². The van der Waals surface area contributed by atoms with E-state index in [9.17, 15) is 0 Å². The molecule has 0 aromatic heterocycles. The van der Waals surface area contributed by atoms with Gasteiger partial charge in [0.2, 0.25) is 0 Å². The predicted octanol–water partition coefficient (Wildman–Crippen LogP) is 3.75. The monoisotopic (exact) mass is 349 g/mol. The van der Waals surface area contributed by atoms with Crippen LogP contribution < -0.4 is 10.1 Å². The maximum absolute atomic E-state index is 6.09. The smallest absolute Gasteiger partial charge is 0.128 e. The third-order valence-corrected chi connectivity index (χ3v) is 4.54. The zero-order chi connectivity index (χ0) is 14.8. The maximum atomic E-state index is 6.09. The SMILES string of the molecule is CCNC1CC(Oc2ccc3cc(Br)ccc3c2)C1OC. The number of fused-ring (bicyclic) bond motifs is 1. The van der Waals surface area contributed by atoms with E-state index in [1.165, 1.54) is 10.8 Å². The van der Waals surface area contributed by atoms with Crippen LogP contribution in [0.5, 0.6) is 5.75 Å². The molecule has 1 aliphatic rings. The number of benzene rings is 2. The molecule has 0 aliphatic heterocycles. The van der Waals surface area contributed by atoms with E-state index in [0.717, 1.165) is 23.2 Å². The molecule has 0 bridgehead atoms. The summed E-state index contributed by atoms with van der Waals surface area (Å²) < 4.78 is 12.7. The molecule has 0 saturated heterocycles. The molecular weight excluding hydrogens is 330 g/mol. The third kappa shape index (κ3) is 3.07. The fourth-order valence-electron chi connectivity index (χ4n) is 2.92. The molecular formula is C17H20BrNO2. The number of methoxy groups -OCH3 is 1. The van der Waals surface area contributed by atoms with Gasteiger partial charge in [-0.25, -0.2) is 0 Å². The van der Waals surface area contributed by atoms with Crippen molar-refractivity contribution < 1.29 is 9.47 Å². The molecule has 1 aliphatic carbocycles. The zero-order valence-electron chi connectivity index (χ0n) is 12.3. The average Bonchev–Trinajstić information content (AvgIpc) is 2.46. The second-order valence-electron chi connectivity index (χ2n) is 5.41. The molecule has 0 spiro atoms. The standard InChI is InChI=1S/C17H20BrNO2/c1-3-19-15-10-16(17(15)20-2)21-14-7-5-11-8-13(18)6-4-12(11)9-14/h4-9,15-17,19H,3,10H2,1-2H3. The zero-order valence-corrected chi connectivity index (χ0v) is 13.9. The molecule has 1 N–H and O–H groups in total. The van der Waals surface area contributed by atoms with Crippen LogP contribution in [0, 0.1) is 0 Å². The van der Waals surface area contributed by atoms with Crippen molar-refractivity contribution in [1.82, 2.24) is 5.32 Å². The van der Waals surface area contributed by atoms with E-state index in [2.05, 4.69) is 58.5 Å². The summed E-state index contributed by atoms with van der Waals surface area (Å²) in [4.78, 5) is 0. The molecule has 21 heavy (non-hydrogen) atoms. The molecule has 0 radical (unpaired) electrons. The summed E-state index contributed by atoms with van der Waals surface area (Å²) in [6.45, 7) is 3.07. The van der Waals surface area contributed by atoms with Crippen molar-refractivity contribution in [2.45, 2.75) is 31.6 Å². The molecule has 112 valence electrons. The number of nitrogens with one attached hydrogen (secondary N) is 1. The van der Waals surface area contributed by atoms with Gasteiger partial charge in [0.25, 0.3) is 0 Å². The quantitative estimate of drug-likeness (QED) is 0.891. The van der Waals surface area contributed by atoms with Gasteiger partial charge in [0.05, 0.1) is 0 Å². The fourth-order valence-corrected chi connectivity index (χ4v) is 3.30. The number of hydrogen-bond acceptors (Lipinski definition) is 3. The molecule has 4 heteroatoms. The van der Waals surface area contributed by atoms with Gasteiger partial charge >= 0.3 is 0 Å². The van der Waals surface area contributed by atoms with Crippen molar-refractivity contribution in [1.29, 1.82) is 0 Å². The highest BCUT2D eigenvalue weighted by Crippen LogP contribution is 2.31. The van der Waals surface area contributed by atoms with Crippen molar-refractivity contribution in [3.8, 4) is 5.75 Å². The first-order valence-electron chi connectivity index (χ1n) is 7.33. The largest absolute Gasteiger partial charge is 0.488 e. The number of halogens is 1. The molecule has 3 unspecified atom stereocenters. The third-order valence-electron chi connectivity index (χ3n) is 4.05. The molecule has 2 aromatic rings. The molecule has 2 aromatic carbocycles. The number of rotatable bonds is 5. The molecule has 3 nitrogen and oxygen atoms in total. The van der Waals surface area contributed by atoms with Gasteiger partial charge in [-0.3, -0.25) is 0 Å². The van der Waals surface area contributed by atoms with Crippen LogP contribution in [0.2, 0.25) is 0 Å². The van der Waals surface area contributed by atoms with Gasteiger partial charge < -0.3 is 14.8 Å². The molecule has 0 amide bonds. The van der Waals surface area contributed by atoms with Crippen molar-refractivity contribution in [2.75, 3.05) is 13.7 Å². The van der Waals surface area contributed by atoms with E-state index >= 15 is 0 Å². The second kappa shape index (κ2) is 6.34. The normalized spacial score (nSPS) is 24.8. The minimum absolute atomic E-state index is 0.130. The summed E-state index contributed by atoms with van der Waals surface area (Å²) in [6.07, 6.45) is 1.25. The summed E-state index contributed by atoms with van der Waals surface area (Å²) >= 11 is 3.50. The molecule has 0 heterocycles. The van der Waals surface area contributed by atoms with E-state index in [1.807, 2.05) is 6.07 Å². The van der Waals surface area contributed by atoms with Gasteiger partial charge in [-0.15, -0.1) is 0 Å². The molecule has 3 rings (SSSR count). The summed E-state index contributed by atoms with van der Waals surface area (Å²) in [7, 11) is 1.75. The lowest BCUT2D eigenvalue weighted by Gasteiger charge is -2.43. The van der Waals surface area contributed by atoms with Gasteiger partial charge in [0, 0.05) is 24.0 Å². The van der Waals surface area contributed by atoms with Crippen LogP contribution in [0.25, 0.3) is 10.8 Å². The Morgan fingerprint density at radius 1 is 1.19 bits per heavy atom. The van der Waals surface area contributed by atoms with Gasteiger partial charge in [0.1, 0.15) is 18.0 Å². The predicted molar refractivity (Wildman–Crippen MR) is 88.9 cm³/mol. The Kier molecular flexibility index (Phi) is 4.48. The highest BCUT2D eigenvalue weighted by Gasteiger charge is 2.42. The first kappa shape index (κ1) is 14.8. The van der Waals surface area contributed by atoms with Crippen molar-refractivity contribution >= 4 is 26.7 Å². The maximum Gasteiger partial charge on any atom is 0.128 e. The summed E-state index contributed by atoms with van der Waals surface area (Å²) in [5, 5.41) is 5.82. The van der Waals surface area contributed by atoms with Crippen molar-refractivity contribution in [3.05, 3.63) is 40.9 Å². The van der Waals surface area contributed by atoms with Gasteiger partial charge in [-0.1, -0.05) is 35.0 Å². The Bertz CT molecular complexity index is 631. The topological polar surface area (TPSA) is 30.5 Å². The van der Waals surface area contributed by atoms with Gasteiger partial charge in [-0.2, -0.15) is 0 Å². The summed E-state index contributed by atoms with van der Waals surface area (Å²) in [5.41, 5.74) is 0. The summed E-state index contributed by atoms with van der Waals surface area (Å²) in [6, 6.07) is 12.9. The first-order chi connectivity index (χ1) is 10.2. The van der Waals surface area contributed by atoms with Gasteiger partial charge in [-0.05, 0) is 41.6 Å². The lowest BCUT2D eigenvalue weighted by Crippen LogP contribution is -2.60. The second-order valence-corrected chi connectivity index (χ2v) is 6.33. The Morgan fingerprint density at radius 3 is 2.71 bits per heavy atom. The van der Waals surface area contributed by atoms with Crippen LogP contribution in [-0.4, -0.2) is 31.9 Å². The Hall–Kier alpha value is -1.10. The average molecular weight is 350 g/mol. The summed E-state index contributed by atoms with van der Waals surface area (Å²) in [5.74, 6) is 0.909. The van der Waals surface area contributed by atoms with E-state index in [4.69, 9.17) is 9.47 Å². The highest BCUT2D eigenvalue weighted by molar-refractivity contribution is 9.10.